The average Bonchev–Trinajstić information content (AvgIpc) is 2.82. The third-order valence-corrected chi connectivity index (χ3v) is 7.10. The molecule has 0 saturated heterocycles. The Balaban J connectivity index is 1.90. The van der Waals surface area contributed by atoms with Crippen LogP contribution in [0, 0.1) is 17.2 Å². The van der Waals surface area contributed by atoms with Gasteiger partial charge >= 0.3 is 12.1 Å². The van der Waals surface area contributed by atoms with Gasteiger partial charge < -0.3 is 15.4 Å². The zero-order chi connectivity index (χ0) is 26.6. The molecular weight excluding hydrogens is 631 g/mol. The highest BCUT2D eigenvalue weighted by atomic mass is 79.9. The summed E-state index contributed by atoms with van der Waals surface area (Å²) < 4.78 is 45.7. The molecule has 7 nitrogen and oxygen atoms in total. The van der Waals surface area contributed by atoms with Crippen LogP contribution in [0.15, 0.2) is 62.0 Å². The van der Waals surface area contributed by atoms with Crippen LogP contribution in [0.5, 0.6) is 0 Å². The molecule has 1 aliphatic heterocycles. The number of allylic oxidation sites excluding steroid dienone is 1. The lowest BCUT2D eigenvalue weighted by Gasteiger charge is -2.31. The molecule has 0 spiro atoms. The number of rotatable bonds is 6. The fourth-order valence-corrected chi connectivity index (χ4v) is 5.19. The first kappa shape index (κ1) is 27.8. The maximum Gasteiger partial charge on any atom is 0.418 e. The van der Waals surface area contributed by atoms with Crippen molar-refractivity contribution < 1.29 is 32.3 Å². The minimum Gasteiger partial charge on any atom is -0.468 e. The van der Waals surface area contributed by atoms with Gasteiger partial charge in [-0.1, -0.05) is 55.8 Å². The number of carbonyl (C=O) groups is 3. The summed E-state index contributed by atoms with van der Waals surface area (Å²) in [6, 6.07) is 12.0. The van der Waals surface area contributed by atoms with E-state index in [4.69, 9.17) is 4.74 Å². The maximum absolute atomic E-state index is 13.3. The molecule has 2 aromatic carbocycles. The summed E-state index contributed by atoms with van der Waals surface area (Å²) in [7, 11) is 1.12. The number of hydrogen-bond acceptors (Lipinski definition) is 6. The number of hydrogen-bond donors (Lipinski definition) is 2. The van der Waals surface area contributed by atoms with Crippen LogP contribution in [0.4, 0.5) is 18.9 Å². The third kappa shape index (κ3) is 6.29. The maximum atomic E-state index is 13.3. The molecule has 36 heavy (non-hydrogen) atoms. The number of carbonyl (C=O) groups excluding carboxylic acids is 3. The van der Waals surface area contributed by atoms with Crippen LogP contribution < -0.4 is 10.6 Å². The number of esters is 1. The second-order valence-electron chi connectivity index (χ2n) is 7.40. The molecule has 1 aliphatic rings. The standard InChI is InChI=1S/C23H16Br2F3N3O4S/c1-35-22(34)19-18(11-3-2-4-12(24)7-11)14(9-29)21(31-20(19)33)36-10-17(32)30-16-6-5-13(25)8-15(16)23(26,27)28/h2-8,18-19H,10H2,1H3,(H,30,32)(H,31,33)/t18-,19+/m1/s1. The van der Waals surface area contributed by atoms with Crippen molar-refractivity contribution in [3.8, 4) is 6.07 Å². The summed E-state index contributed by atoms with van der Waals surface area (Å²) >= 11 is 7.06. The van der Waals surface area contributed by atoms with E-state index in [-0.39, 0.29) is 15.1 Å². The Morgan fingerprint density at radius 2 is 1.89 bits per heavy atom. The first-order chi connectivity index (χ1) is 17.0. The van der Waals surface area contributed by atoms with E-state index in [9.17, 15) is 32.8 Å². The van der Waals surface area contributed by atoms with Gasteiger partial charge in [-0.15, -0.1) is 0 Å². The van der Waals surface area contributed by atoms with E-state index in [2.05, 4.69) is 42.5 Å². The van der Waals surface area contributed by atoms with Gasteiger partial charge in [-0.05, 0) is 35.9 Å². The molecule has 2 atom stereocenters. The van der Waals surface area contributed by atoms with E-state index in [1.54, 1.807) is 24.3 Å². The summed E-state index contributed by atoms with van der Waals surface area (Å²) in [4.78, 5) is 37.8. The number of amides is 2. The van der Waals surface area contributed by atoms with E-state index in [1.807, 2.05) is 6.07 Å². The Hall–Kier alpha value is -2.82. The van der Waals surface area contributed by atoms with Gasteiger partial charge in [0.1, 0.15) is 5.92 Å². The topological polar surface area (TPSA) is 108 Å². The molecule has 188 valence electrons. The van der Waals surface area contributed by atoms with Crippen LogP contribution in [-0.2, 0) is 25.3 Å². The second kappa shape index (κ2) is 11.5. The summed E-state index contributed by atoms with van der Waals surface area (Å²) in [5, 5.41) is 14.6. The van der Waals surface area contributed by atoms with Crippen molar-refractivity contribution in [3.05, 3.63) is 73.1 Å². The first-order valence-electron chi connectivity index (χ1n) is 10.0. The average molecular weight is 647 g/mol. The van der Waals surface area contributed by atoms with Gasteiger partial charge in [0.25, 0.3) is 0 Å². The van der Waals surface area contributed by atoms with E-state index in [0.29, 0.717) is 10.0 Å². The summed E-state index contributed by atoms with van der Waals surface area (Å²) in [6.45, 7) is 0. The van der Waals surface area contributed by atoms with Gasteiger partial charge in [0, 0.05) is 14.9 Å². The largest absolute Gasteiger partial charge is 0.468 e. The fraction of sp³-hybridized carbons (Fsp3) is 0.217. The molecule has 0 fully saturated rings. The predicted molar refractivity (Wildman–Crippen MR) is 133 cm³/mol. The Morgan fingerprint density at radius 3 is 2.50 bits per heavy atom. The Bertz CT molecular complexity index is 1290. The molecule has 0 aromatic heterocycles. The normalized spacial score (nSPS) is 17.8. The number of ether oxygens (including phenoxy) is 1. The third-order valence-electron chi connectivity index (χ3n) is 5.10. The molecule has 2 amide bonds. The molecule has 0 bridgehead atoms. The van der Waals surface area contributed by atoms with Crippen molar-refractivity contribution in [3.63, 3.8) is 0 Å². The van der Waals surface area contributed by atoms with Crippen LogP contribution in [0.25, 0.3) is 0 Å². The number of thioether (sulfide) groups is 1. The minimum absolute atomic E-state index is 0.0144. The van der Waals surface area contributed by atoms with Gasteiger partial charge in [0.15, 0.2) is 0 Å². The molecule has 2 aromatic rings. The number of benzene rings is 2. The smallest absolute Gasteiger partial charge is 0.418 e. The van der Waals surface area contributed by atoms with Crippen molar-refractivity contribution in [2.45, 2.75) is 12.1 Å². The second-order valence-corrected chi connectivity index (χ2v) is 10.2. The number of alkyl halides is 3. The number of nitrogens with zero attached hydrogens (tertiary/aromatic N) is 1. The van der Waals surface area contributed by atoms with Gasteiger partial charge in [-0.2, -0.15) is 18.4 Å². The van der Waals surface area contributed by atoms with E-state index >= 15 is 0 Å². The number of nitriles is 1. The Labute approximate surface area is 224 Å². The van der Waals surface area contributed by atoms with Crippen LogP contribution in [0.1, 0.15) is 17.0 Å². The molecule has 1 heterocycles. The van der Waals surface area contributed by atoms with Gasteiger partial charge in [0.2, 0.25) is 11.8 Å². The lowest BCUT2D eigenvalue weighted by molar-refractivity contribution is -0.150. The van der Waals surface area contributed by atoms with E-state index < -0.39 is 52.8 Å². The van der Waals surface area contributed by atoms with Gasteiger partial charge in [0.05, 0.1) is 40.8 Å². The zero-order valence-electron chi connectivity index (χ0n) is 18.3. The van der Waals surface area contributed by atoms with Gasteiger partial charge in [-0.25, -0.2) is 0 Å². The van der Waals surface area contributed by atoms with Crippen LogP contribution in [-0.4, -0.2) is 30.6 Å². The zero-order valence-corrected chi connectivity index (χ0v) is 22.3. The van der Waals surface area contributed by atoms with Crippen molar-refractivity contribution in [2.75, 3.05) is 18.2 Å². The van der Waals surface area contributed by atoms with Crippen LogP contribution >= 0.6 is 43.6 Å². The highest BCUT2D eigenvalue weighted by Gasteiger charge is 2.44. The molecule has 3 rings (SSSR count). The predicted octanol–water partition coefficient (Wildman–Crippen LogP) is 5.34. The molecule has 0 saturated carbocycles. The van der Waals surface area contributed by atoms with Crippen molar-refractivity contribution in [2.24, 2.45) is 5.92 Å². The van der Waals surface area contributed by atoms with Crippen LogP contribution in [0.2, 0.25) is 0 Å². The van der Waals surface area contributed by atoms with E-state index in [0.717, 1.165) is 31.0 Å². The molecular formula is C23H16Br2F3N3O4S. The monoisotopic (exact) mass is 645 g/mol. The number of methoxy groups -OCH3 is 1. The van der Waals surface area contributed by atoms with Crippen molar-refractivity contribution in [1.82, 2.24) is 5.32 Å². The lowest BCUT2D eigenvalue weighted by atomic mass is 9.78. The summed E-state index contributed by atoms with van der Waals surface area (Å²) in [5.74, 6) is -5.14. The molecule has 0 aliphatic carbocycles. The number of nitrogens with one attached hydrogen (secondary N) is 2. The number of halogens is 5. The molecule has 0 radical (unpaired) electrons. The van der Waals surface area contributed by atoms with Gasteiger partial charge in [-0.3, -0.25) is 14.4 Å². The Morgan fingerprint density at radius 1 is 1.19 bits per heavy atom. The highest BCUT2D eigenvalue weighted by Crippen LogP contribution is 2.41. The summed E-state index contributed by atoms with van der Waals surface area (Å²) in [5.41, 5.74) is -0.969. The highest BCUT2D eigenvalue weighted by molar-refractivity contribution is 9.10. The first-order valence-corrected chi connectivity index (χ1v) is 12.6. The van der Waals surface area contributed by atoms with Crippen LogP contribution in [0.3, 0.4) is 0 Å². The van der Waals surface area contributed by atoms with Crippen molar-refractivity contribution in [1.29, 1.82) is 5.26 Å². The molecule has 0 unspecified atom stereocenters. The lowest BCUT2D eigenvalue weighted by Crippen LogP contribution is -2.44. The SMILES string of the molecule is COC(=O)[C@@H]1C(=O)NC(SCC(=O)Nc2ccc(Br)cc2C(F)(F)F)=C(C#N)[C@H]1c1cccc(Br)c1. The molecule has 13 heteroatoms. The minimum atomic E-state index is -4.70. The number of anilines is 1. The van der Waals surface area contributed by atoms with Crippen molar-refractivity contribution >= 4 is 67.1 Å². The quantitative estimate of drug-likeness (QED) is 0.324. The summed E-state index contributed by atoms with van der Waals surface area (Å²) in [6.07, 6.45) is -4.70. The molecule has 2 N–H and O–H groups in total. The Kier molecular flexibility index (Phi) is 8.86. The fourth-order valence-electron chi connectivity index (χ4n) is 3.56. The van der Waals surface area contributed by atoms with E-state index in [1.165, 1.54) is 6.07 Å².